The number of nitrogens with zero attached hydrogens (tertiary/aromatic N) is 1. The van der Waals surface area contributed by atoms with Crippen molar-refractivity contribution < 1.29 is 19.1 Å². The van der Waals surface area contributed by atoms with E-state index < -0.39 is 6.09 Å². The van der Waals surface area contributed by atoms with Crippen LogP contribution in [0.1, 0.15) is 37.7 Å². The van der Waals surface area contributed by atoms with Crippen LogP contribution in [0, 0.1) is 0 Å². The van der Waals surface area contributed by atoms with Crippen LogP contribution in [-0.2, 0) is 14.3 Å². The monoisotopic (exact) mass is 344 g/mol. The molecule has 1 heterocycles. The van der Waals surface area contributed by atoms with E-state index in [9.17, 15) is 14.4 Å². The van der Waals surface area contributed by atoms with E-state index in [0.717, 1.165) is 24.8 Å². The number of likely N-dealkylation sites (tertiary alicyclic amines) is 1. The summed E-state index contributed by atoms with van der Waals surface area (Å²) in [5.41, 5.74) is 1.06. The average molecular weight is 344 g/mol. The summed E-state index contributed by atoms with van der Waals surface area (Å²) in [5.74, 6) is -0.148. The minimum absolute atomic E-state index is 0.0738. The maximum Gasteiger partial charge on any atom is 0.407 e. The number of carbonyl (C=O) groups excluding carboxylic acids is 3. The number of alkyl carbamates (subject to hydrolysis) is 1. The van der Waals surface area contributed by atoms with Crippen LogP contribution in [0.15, 0.2) is 36.4 Å². The van der Waals surface area contributed by atoms with E-state index in [1.165, 1.54) is 4.90 Å². The minimum atomic E-state index is -0.442. The van der Waals surface area contributed by atoms with Gasteiger partial charge in [-0.1, -0.05) is 36.4 Å². The number of imide groups is 1. The number of hydrogen-bond acceptors (Lipinski definition) is 4. The normalized spacial score (nSPS) is 14.3. The van der Waals surface area contributed by atoms with Gasteiger partial charge in [0.05, 0.1) is 0 Å². The van der Waals surface area contributed by atoms with E-state index in [-0.39, 0.29) is 18.4 Å². The molecule has 6 nitrogen and oxygen atoms in total. The Kier molecular flexibility index (Phi) is 7.69. The van der Waals surface area contributed by atoms with E-state index in [1.807, 2.05) is 36.4 Å². The first-order valence-electron chi connectivity index (χ1n) is 8.62. The molecule has 0 saturated carbocycles. The molecule has 1 fully saturated rings. The highest BCUT2D eigenvalue weighted by Gasteiger charge is 2.27. The molecule has 0 spiro atoms. The molecule has 1 aromatic carbocycles. The molecule has 1 saturated heterocycles. The Morgan fingerprint density at radius 3 is 2.52 bits per heavy atom. The summed E-state index contributed by atoms with van der Waals surface area (Å²) >= 11 is 0. The highest BCUT2D eigenvalue weighted by Crippen LogP contribution is 2.12. The van der Waals surface area contributed by atoms with Crippen LogP contribution < -0.4 is 5.32 Å². The van der Waals surface area contributed by atoms with Crippen LogP contribution in [0.4, 0.5) is 4.79 Å². The highest BCUT2D eigenvalue weighted by molar-refractivity contribution is 6.01. The zero-order valence-electron chi connectivity index (χ0n) is 14.3. The topological polar surface area (TPSA) is 75.7 Å². The third-order valence-electron chi connectivity index (χ3n) is 3.90. The summed E-state index contributed by atoms with van der Waals surface area (Å²) in [7, 11) is 0. The summed E-state index contributed by atoms with van der Waals surface area (Å²) < 4.78 is 5.05. The molecule has 134 valence electrons. The SMILES string of the molecule is O=C(NCCCCCN1C(=O)CCC1=O)OC/C=C/c1ccccc1. The lowest BCUT2D eigenvalue weighted by atomic mass is 10.2. The summed E-state index contributed by atoms with van der Waals surface area (Å²) in [4.78, 5) is 35.7. The molecule has 1 aliphatic heterocycles. The zero-order valence-corrected chi connectivity index (χ0v) is 14.3. The lowest BCUT2D eigenvalue weighted by molar-refractivity contribution is -0.138. The van der Waals surface area contributed by atoms with Crippen molar-refractivity contribution in [3.8, 4) is 0 Å². The number of carbonyl (C=O) groups is 3. The van der Waals surface area contributed by atoms with Gasteiger partial charge in [0.1, 0.15) is 6.61 Å². The quantitative estimate of drug-likeness (QED) is 0.552. The van der Waals surface area contributed by atoms with E-state index in [1.54, 1.807) is 6.08 Å². The van der Waals surface area contributed by atoms with Crippen LogP contribution in [0.25, 0.3) is 6.08 Å². The molecule has 3 amide bonds. The van der Waals surface area contributed by atoms with Gasteiger partial charge in [0.2, 0.25) is 11.8 Å². The summed E-state index contributed by atoms with van der Waals surface area (Å²) in [5, 5.41) is 2.68. The van der Waals surface area contributed by atoms with Crippen LogP contribution in [0.3, 0.4) is 0 Å². The molecule has 0 atom stereocenters. The first-order valence-corrected chi connectivity index (χ1v) is 8.62. The number of ether oxygens (including phenoxy) is 1. The van der Waals surface area contributed by atoms with E-state index in [4.69, 9.17) is 4.74 Å². The van der Waals surface area contributed by atoms with Crippen molar-refractivity contribution in [2.24, 2.45) is 0 Å². The Labute approximate surface area is 147 Å². The Morgan fingerprint density at radius 2 is 1.80 bits per heavy atom. The van der Waals surface area contributed by atoms with Gasteiger partial charge in [-0.05, 0) is 30.9 Å². The Hall–Kier alpha value is -2.63. The maximum absolute atomic E-state index is 11.5. The fourth-order valence-corrected chi connectivity index (χ4v) is 2.56. The smallest absolute Gasteiger partial charge is 0.407 e. The van der Waals surface area contributed by atoms with Crippen molar-refractivity contribution in [2.75, 3.05) is 19.7 Å². The van der Waals surface area contributed by atoms with Gasteiger partial charge >= 0.3 is 6.09 Å². The van der Waals surface area contributed by atoms with Gasteiger partial charge < -0.3 is 10.1 Å². The average Bonchev–Trinajstić information content (AvgIpc) is 2.94. The zero-order chi connectivity index (χ0) is 17.9. The largest absolute Gasteiger partial charge is 0.445 e. The lowest BCUT2D eigenvalue weighted by Gasteiger charge is -2.13. The van der Waals surface area contributed by atoms with Crippen molar-refractivity contribution in [1.82, 2.24) is 10.2 Å². The predicted molar refractivity (Wildman–Crippen MR) is 94.6 cm³/mol. The Balaban J connectivity index is 1.47. The van der Waals surface area contributed by atoms with Gasteiger partial charge in [-0.15, -0.1) is 0 Å². The van der Waals surface area contributed by atoms with Crippen LogP contribution >= 0.6 is 0 Å². The van der Waals surface area contributed by atoms with Gasteiger partial charge in [-0.3, -0.25) is 14.5 Å². The number of amides is 3. The number of hydrogen-bond donors (Lipinski definition) is 1. The molecule has 0 radical (unpaired) electrons. The molecule has 25 heavy (non-hydrogen) atoms. The second-order valence-electron chi connectivity index (χ2n) is 5.84. The van der Waals surface area contributed by atoms with Gasteiger partial charge in [0.15, 0.2) is 0 Å². The van der Waals surface area contributed by atoms with E-state index in [0.29, 0.717) is 25.9 Å². The number of benzene rings is 1. The first kappa shape index (κ1) is 18.7. The van der Waals surface area contributed by atoms with Crippen molar-refractivity contribution in [3.05, 3.63) is 42.0 Å². The second kappa shape index (κ2) is 10.3. The molecular formula is C19H24N2O4. The standard InChI is InChI=1S/C19H24N2O4/c22-17-11-12-18(23)21(17)14-6-2-5-13-20-19(24)25-15-7-10-16-8-3-1-4-9-16/h1,3-4,7-10H,2,5-6,11-15H2,(H,20,24)/b10-7+. The summed E-state index contributed by atoms with van der Waals surface area (Å²) in [6.07, 6.45) is 6.30. The van der Waals surface area contributed by atoms with E-state index in [2.05, 4.69) is 5.32 Å². The van der Waals surface area contributed by atoms with Gasteiger partial charge in [-0.25, -0.2) is 4.79 Å². The molecule has 0 bridgehead atoms. The molecule has 0 aliphatic carbocycles. The molecule has 2 rings (SSSR count). The molecule has 0 unspecified atom stereocenters. The molecule has 1 aromatic rings. The lowest BCUT2D eigenvalue weighted by Crippen LogP contribution is -2.30. The predicted octanol–water partition coefficient (Wildman–Crippen LogP) is 2.75. The maximum atomic E-state index is 11.5. The van der Waals surface area contributed by atoms with Crippen LogP contribution in [-0.4, -0.2) is 42.5 Å². The van der Waals surface area contributed by atoms with Crippen LogP contribution in [0.5, 0.6) is 0 Å². The number of rotatable bonds is 9. The third-order valence-corrected chi connectivity index (χ3v) is 3.90. The highest BCUT2D eigenvalue weighted by atomic mass is 16.5. The molecule has 0 aromatic heterocycles. The number of nitrogens with one attached hydrogen (secondary N) is 1. The first-order chi connectivity index (χ1) is 12.2. The van der Waals surface area contributed by atoms with Crippen molar-refractivity contribution in [3.63, 3.8) is 0 Å². The number of unbranched alkanes of at least 4 members (excludes halogenated alkanes) is 2. The summed E-state index contributed by atoms with van der Waals surface area (Å²) in [6.45, 7) is 1.22. The molecule has 6 heteroatoms. The Morgan fingerprint density at radius 1 is 1.08 bits per heavy atom. The molecule has 1 aliphatic rings. The summed E-state index contributed by atoms with van der Waals surface area (Å²) in [6, 6.07) is 9.79. The van der Waals surface area contributed by atoms with Crippen LogP contribution in [0.2, 0.25) is 0 Å². The fourth-order valence-electron chi connectivity index (χ4n) is 2.56. The third kappa shape index (κ3) is 6.79. The van der Waals surface area contributed by atoms with Gasteiger partial charge in [-0.2, -0.15) is 0 Å². The van der Waals surface area contributed by atoms with Crippen molar-refractivity contribution >= 4 is 24.0 Å². The Bertz CT molecular complexity index is 597. The van der Waals surface area contributed by atoms with Crippen molar-refractivity contribution in [2.45, 2.75) is 32.1 Å². The molecule has 1 N–H and O–H groups in total. The molecular weight excluding hydrogens is 320 g/mol. The fraction of sp³-hybridized carbons (Fsp3) is 0.421. The van der Waals surface area contributed by atoms with Crippen molar-refractivity contribution in [1.29, 1.82) is 0 Å². The van der Waals surface area contributed by atoms with Gasteiger partial charge in [0, 0.05) is 25.9 Å². The van der Waals surface area contributed by atoms with Gasteiger partial charge in [0.25, 0.3) is 0 Å². The van der Waals surface area contributed by atoms with E-state index >= 15 is 0 Å². The minimum Gasteiger partial charge on any atom is -0.445 e. The second-order valence-corrected chi connectivity index (χ2v) is 5.84.